The molecule has 2 bridgehead atoms. The van der Waals surface area contributed by atoms with Crippen molar-refractivity contribution in [2.75, 3.05) is 5.32 Å². The second-order valence-electron chi connectivity index (χ2n) is 5.68. The Kier molecular flexibility index (Phi) is 3.36. The summed E-state index contributed by atoms with van der Waals surface area (Å²) in [5.41, 5.74) is 1.66. The van der Waals surface area contributed by atoms with Gasteiger partial charge in [-0.05, 0) is 55.7 Å². The molecule has 2 aliphatic rings. The van der Waals surface area contributed by atoms with Gasteiger partial charge in [0.05, 0.1) is 11.3 Å². The number of nitrogens with one attached hydrogen (secondary N) is 1. The van der Waals surface area contributed by atoms with Crippen molar-refractivity contribution in [3.05, 3.63) is 40.4 Å². The Morgan fingerprint density at radius 1 is 1.37 bits per heavy atom. The predicted octanol–water partition coefficient (Wildman–Crippen LogP) is 4.33. The molecule has 1 aromatic rings. The van der Waals surface area contributed by atoms with E-state index in [9.17, 15) is 5.26 Å². The van der Waals surface area contributed by atoms with Crippen LogP contribution in [-0.4, -0.2) is 6.04 Å². The number of fused-ring (bicyclic) bond motifs is 2. The number of hydrogen-bond acceptors (Lipinski definition) is 2. The molecule has 4 unspecified atom stereocenters. The van der Waals surface area contributed by atoms with E-state index >= 15 is 0 Å². The van der Waals surface area contributed by atoms with Gasteiger partial charge in [0.25, 0.3) is 0 Å². The van der Waals surface area contributed by atoms with Gasteiger partial charge in [-0.2, -0.15) is 5.26 Å². The lowest BCUT2D eigenvalue weighted by Gasteiger charge is -2.27. The van der Waals surface area contributed by atoms with Crippen molar-refractivity contribution in [1.82, 2.24) is 0 Å². The summed E-state index contributed by atoms with van der Waals surface area (Å²) in [6.45, 7) is 2.24. The third kappa shape index (κ3) is 2.42. The zero-order valence-electron chi connectivity index (χ0n) is 10.9. The Labute approximate surface area is 122 Å². The summed E-state index contributed by atoms with van der Waals surface area (Å²) in [5.74, 6) is 2.22. The van der Waals surface area contributed by atoms with E-state index in [4.69, 9.17) is 0 Å². The van der Waals surface area contributed by atoms with Crippen LogP contribution in [0.2, 0.25) is 0 Å². The molecule has 19 heavy (non-hydrogen) atoms. The normalized spacial score (nSPS) is 29.2. The number of benzene rings is 1. The fourth-order valence-electron chi connectivity index (χ4n) is 3.49. The zero-order chi connectivity index (χ0) is 13.4. The highest BCUT2D eigenvalue weighted by Crippen LogP contribution is 2.45. The maximum absolute atomic E-state index is 9.20. The first kappa shape index (κ1) is 12.7. The Hall–Kier alpha value is -1.27. The van der Waals surface area contributed by atoms with Crippen molar-refractivity contribution in [2.45, 2.75) is 25.8 Å². The number of nitrogens with zero attached hydrogens (tertiary/aromatic N) is 1. The van der Waals surface area contributed by atoms with Gasteiger partial charge in [-0.25, -0.2) is 0 Å². The standard InChI is InChI=1S/C16H17BrN2/c1-10(15-7-11-2-3-12(15)6-11)19-16-5-4-14(17)8-13(16)9-18/h2-5,8,10-12,15,19H,6-7H2,1H3. The van der Waals surface area contributed by atoms with Gasteiger partial charge in [0.1, 0.15) is 6.07 Å². The van der Waals surface area contributed by atoms with Crippen LogP contribution >= 0.6 is 15.9 Å². The first-order chi connectivity index (χ1) is 9.17. The summed E-state index contributed by atoms with van der Waals surface area (Å²) in [5, 5.41) is 12.7. The van der Waals surface area contributed by atoms with Crippen LogP contribution in [0.5, 0.6) is 0 Å². The first-order valence-electron chi connectivity index (χ1n) is 6.82. The van der Waals surface area contributed by atoms with E-state index in [0.717, 1.165) is 22.0 Å². The minimum atomic E-state index is 0.410. The van der Waals surface area contributed by atoms with Gasteiger partial charge in [-0.15, -0.1) is 0 Å². The lowest BCUT2D eigenvalue weighted by atomic mass is 9.87. The molecule has 0 radical (unpaired) electrons. The maximum Gasteiger partial charge on any atom is 0.101 e. The monoisotopic (exact) mass is 316 g/mol. The van der Waals surface area contributed by atoms with Crippen LogP contribution in [0.1, 0.15) is 25.3 Å². The third-order valence-corrected chi connectivity index (χ3v) is 4.95. The molecule has 3 heteroatoms. The smallest absolute Gasteiger partial charge is 0.101 e. The molecule has 0 amide bonds. The Bertz CT molecular complexity index is 558. The molecule has 98 valence electrons. The lowest BCUT2D eigenvalue weighted by molar-refractivity contribution is 0.400. The molecule has 3 rings (SSSR count). The summed E-state index contributed by atoms with van der Waals surface area (Å²) < 4.78 is 0.949. The van der Waals surface area contributed by atoms with Crippen LogP contribution in [0.25, 0.3) is 0 Å². The molecule has 0 spiro atoms. The zero-order valence-corrected chi connectivity index (χ0v) is 12.5. The number of halogens is 1. The van der Waals surface area contributed by atoms with Gasteiger partial charge in [-0.3, -0.25) is 0 Å². The van der Waals surface area contributed by atoms with E-state index in [0.29, 0.717) is 17.5 Å². The van der Waals surface area contributed by atoms with Crippen molar-refractivity contribution in [3.63, 3.8) is 0 Å². The SMILES string of the molecule is CC(Nc1ccc(Br)cc1C#N)C1CC2C=CC1C2. The molecule has 0 aliphatic heterocycles. The van der Waals surface area contributed by atoms with E-state index in [1.807, 2.05) is 18.2 Å². The number of rotatable bonds is 3. The molecular formula is C16H17BrN2. The highest BCUT2D eigenvalue weighted by molar-refractivity contribution is 9.10. The number of anilines is 1. The maximum atomic E-state index is 9.20. The molecule has 2 nitrogen and oxygen atoms in total. The van der Waals surface area contributed by atoms with E-state index in [2.05, 4.69) is 46.4 Å². The van der Waals surface area contributed by atoms with Crippen LogP contribution in [0.3, 0.4) is 0 Å². The van der Waals surface area contributed by atoms with E-state index in [1.165, 1.54) is 12.8 Å². The molecule has 0 heterocycles. The Morgan fingerprint density at radius 3 is 2.84 bits per heavy atom. The van der Waals surface area contributed by atoms with Crippen molar-refractivity contribution in [3.8, 4) is 6.07 Å². The van der Waals surface area contributed by atoms with Gasteiger partial charge >= 0.3 is 0 Å². The second kappa shape index (κ2) is 5.02. The number of hydrogen-bond donors (Lipinski definition) is 1. The summed E-state index contributed by atoms with van der Waals surface area (Å²) in [7, 11) is 0. The molecule has 0 saturated heterocycles. The molecule has 1 N–H and O–H groups in total. The van der Waals surface area contributed by atoms with Crippen LogP contribution in [0.15, 0.2) is 34.8 Å². The molecule has 1 aromatic carbocycles. The van der Waals surface area contributed by atoms with Crippen molar-refractivity contribution in [2.24, 2.45) is 17.8 Å². The minimum absolute atomic E-state index is 0.410. The Balaban J connectivity index is 1.75. The van der Waals surface area contributed by atoms with Crippen molar-refractivity contribution >= 4 is 21.6 Å². The van der Waals surface area contributed by atoms with Crippen molar-refractivity contribution < 1.29 is 0 Å². The van der Waals surface area contributed by atoms with E-state index in [-0.39, 0.29) is 0 Å². The van der Waals surface area contributed by atoms with Gasteiger partial charge in [0.2, 0.25) is 0 Å². The number of allylic oxidation sites excluding steroid dienone is 2. The first-order valence-corrected chi connectivity index (χ1v) is 7.61. The topological polar surface area (TPSA) is 35.8 Å². The highest BCUT2D eigenvalue weighted by atomic mass is 79.9. The fraction of sp³-hybridized carbons (Fsp3) is 0.438. The van der Waals surface area contributed by atoms with E-state index < -0.39 is 0 Å². The third-order valence-electron chi connectivity index (χ3n) is 4.46. The summed E-state index contributed by atoms with van der Waals surface area (Å²) >= 11 is 3.41. The molecule has 0 aromatic heterocycles. The molecule has 1 fully saturated rings. The average molecular weight is 317 g/mol. The quantitative estimate of drug-likeness (QED) is 0.842. The van der Waals surface area contributed by atoms with Crippen molar-refractivity contribution in [1.29, 1.82) is 5.26 Å². The van der Waals surface area contributed by atoms with Gasteiger partial charge in [0, 0.05) is 10.5 Å². The van der Waals surface area contributed by atoms with Crippen LogP contribution in [0, 0.1) is 29.1 Å². The highest BCUT2D eigenvalue weighted by Gasteiger charge is 2.38. The number of nitriles is 1. The summed E-state index contributed by atoms with van der Waals surface area (Å²) in [4.78, 5) is 0. The molecule has 4 atom stereocenters. The molecule has 2 aliphatic carbocycles. The summed E-state index contributed by atoms with van der Waals surface area (Å²) in [6, 6.07) is 8.51. The molecular weight excluding hydrogens is 300 g/mol. The minimum Gasteiger partial charge on any atom is -0.381 e. The fourth-order valence-corrected chi connectivity index (χ4v) is 3.85. The average Bonchev–Trinajstić information content (AvgIpc) is 3.03. The Morgan fingerprint density at radius 2 is 2.21 bits per heavy atom. The van der Waals surface area contributed by atoms with E-state index in [1.54, 1.807) is 0 Å². The van der Waals surface area contributed by atoms with Gasteiger partial charge < -0.3 is 5.32 Å². The van der Waals surface area contributed by atoms with Crippen LogP contribution < -0.4 is 5.32 Å². The predicted molar refractivity (Wildman–Crippen MR) is 80.8 cm³/mol. The van der Waals surface area contributed by atoms with Gasteiger partial charge in [0.15, 0.2) is 0 Å². The largest absolute Gasteiger partial charge is 0.381 e. The van der Waals surface area contributed by atoms with Crippen LogP contribution in [0.4, 0.5) is 5.69 Å². The molecule has 1 saturated carbocycles. The van der Waals surface area contributed by atoms with Gasteiger partial charge in [-0.1, -0.05) is 28.1 Å². The van der Waals surface area contributed by atoms with Crippen LogP contribution in [-0.2, 0) is 0 Å². The lowest BCUT2D eigenvalue weighted by Crippen LogP contribution is -2.29. The second-order valence-corrected chi connectivity index (χ2v) is 6.59. The summed E-state index contributed by atoms with van der Waals surface area (Å²) in [6.07, 6.45) is 7.36.